The third kappa shape index (κ3) is 4.21. The number of fused-ring (bicyclic) bond motifs is 1. The van der Waals surface area contributed by atoms with Crippen LogP contribution in [0.4, 0.5) is 4.79 Å². The highest BCUT2D eigenvalue weighted by Gasteiger charge is 2.19. The standard InChI is InChI=1S/C16H22N4O4/c1-10-18-9-11-8-12(14(21)23-5)20(13(11)19-10)7-6-17-15(22)24-16(2,3)4/h8-9H,6-7H2,1-5H3,(H,17,22). The van der Waals surface area contributed by atoms with Crippen LogP contribution in [0.15, 0.2) is 12.3 Å². The van der Waals surface area contributed by atoms with Crippen molar-refractivity contribution in [3.63, 3.8) is 0 Å². The second kappa shape index (κ2) is 6.86. The molecule has 0 fully saturated rings. The van der Waals surface area contributed by atoms with Gasteiger partial charge >= 0.3 is 12.1 Å². The summed E-state index contributed by atoms with van der Waals surface area (Å²) in [5, 5.41) is 3.40. The van der Waals surface area contributed by atoms with E-state index in [1.807, 2.05) is 0 Å². The summed E-state index contributed by atoms with van der Waals surface area (Å²) in [6, 6.07) is 1.67. The van der Waals surface area contributed by atoms with Gasteiger partial charge in [-0.15, -0.1) is 0 Å². The van der Waals surface area contributed by atoms with Crippen LogP contribution in [-0.4, -0.2) is 45.9 Å². The summed E-state index contributed by atoms with van der Waals surface area (Å²) in [4.78, 5) is 32.2. The number of rotatable bonds is 4. The second-order valence-electron chi connectivity index (χ2n) is 6.30. The molecular formula is C16H22N4O4. The highest BCUT2D eigenvalue weighted by atomic mass is 16.6. The molecule has 1 N–H and O–H groups in total. The van der Waals surface area contributed by atoms with Crippen LogP contribution in [0.1, 0.15) is 37.1 Å². The molecule has 0 spiro atoms. The van der Waals surface area contributed by atoms with E-state index in [-0.39, 0.29) is 6.54 Å². The van der Waals surface area contributed by atoms with E-state index >= 15 is 0 Å². The van der Waals surface area contributed by atoms with Gasteiger partial charge in [-0.1, -0.05) is 0 Å². The molecule has 0 atom stereocenters. The van der Waals surface area contributed by atoms with Crippen LogP contribution in [0, 0.1) is 6.92 Å². The summed E-state index contributed by atoms with van der Waals surface area (Å²) in [6.45, 7) is 7.78. The van der Waals surface area contributed by atoms with Gasteiger partial charge in [0.2, 0.25) is 0 Å². The Labute approximate surface area is 140 Å². The van der Waals surface area contributed by atoms with E-state index < -0.39 is 17.7 Å². The Kier molecular flexibility index (Phi) is 5.06. The molecule has 2 aromatic heterocycles. The number of hydrogen-bond donors (Lipinski definition) is 1. The molecule has 2 aromatic rings. The highest BCUT2D eigenvalue weighted by Crippen LogP contribution is 2.18. The van der Waals surface area contributed by atoms with Crippen molar-refractivity contribution in [1.82, 2.24) is 19.9 Å². The Balaban J connectivity index is 2.19. The van der Waals surface area contributed by atoms with E-state index in [1.165, 1.54) is 7.11 Å². The largest absolute Gasteiger partial charge is 0.464 e. The lowest BCUT2D eigenvalue weighted by Crippen LogP contribution is -2.34. The molecule has 0 aromatic carbocycles. The summed E-state index contributed by atoms with van der Waals surface area (Å²) in [5.74, 6) is 0.126. The lowest BCUT2D eigenvalue weighted by molar-refractivity contribution is 0.0526. The normalized spacial score (nSPS) is 11.4. The minimum atomic E-state index is -0.564. The first-order chi connectivity index (χ1) is 11.2. The van der Waals surface area contributed by atoms with Gasteiger partial charge in [-0.2, -0.15) is 0 Å². The third-order valence-corrected chi connectivity index (χ3v) is 3.15. The molecule has 0 aliphatic heterocycles. The molecule has 130 valence electrons. The summed E-state index contributed by atoms with van der Waals surface area (Å²) in [6.07, 6.45) is 1.14. The first kappa shape index (κ1) is 17.7. The number of alkyl carbamates (subject to hydrolysis) is 1. The fourth-order valence-electron chi connectivity index (χ4n) is 2.21. The summed E-state index contributed by atoms with van der Waals surface area (Å²) in [5.41, 5.74) is 0.415. The van der Waals surface area contributed by atoms with Crippen molar-refractivity contribution in [2.75, 3.05) is 13.7 Å². The monoisotopic (exact) mass is 334 g/mol. The molecule has 2 rings (SSSR count). The molecular weight excluding hydrogens is 312 g/mol. The Bertz CT molecular complexity index is 761. The number of nitrogens with zero attached hydrogens (tertiary/aromatic N) is 3. The minimum absolute atomic E-state index is 0.283. The first-order valence-electron chi connectivity index (χ1n) is 7.59. The fraction of sp³-hybridized carbons (Fsp3) is 0.500. The Morgan fingerprint density at radius 1 is 1.33 bits per heavy atom. The zero-order valence-electron chi connectivity index (χ0n) is 14.5. The van der Waals surface area contributed by atoms with E-state index in [9.17, 15) is 9.59 Å². The van der Waals surface area contributed by atoms with Crippen molar-refractivity contribution in [3.05, 3.63) is 23.8 Å². The topological polar surface area (TPSA) is 95.3 Å². The van der Waals surface area contributed by atoms with Crippen molar-refractivity contribution in [2.24, 2.45) is 0 Å². The molecule has 0 saturated heterocycles. The van der Waals surface area contributed by atoms with Crippen LogP contribution in [0.5, 0.6) is 0 Å². The number of carbonyl (C=O) groups is 2. The molecule has 0 aliphatic rings. The Morgan fingerprint density at radius 3 is 2.67 bits per heavy atom. The van der Waals surface area contributed by atoms with Crippen molar-refractivity contribution in [2.45, 2.75) is 39.8 Å². The molecule has 2 heterocycles. The van der Waals surface area contributed by atoms with Gasteiger partial charge < -0.3 is 19.4 Å². The summed E-state index contributed by atoms with van der Waals surface area (Å²) in [7, 11) is 1.32. The maximum atomic E-state index is 12.0. The Hall–Kier alpha value is -2.64. The van der Waals surface area contributed by atoms with Crippen molar-refractivity contribution in [3.8, 4) is 0 Å². The van der Waals surface area contributed by atoms with E-state index in [0.29, 0.717) is 23.7 Å². The smallest absolute Gasteiger partial charge is 0.407 e. The maximum Gasteiger partial charge on any atom is 0.407 e. The zero-order chi connectivity index (χ0) is 17.9. The average molecular weight is 334 g/mol. The van der Waals surface area contributed by atoms with Crippen molar-refractivity contribution >= 4 is 23.1 Å². The predicted molar refractivity (Wildman–Crippen MR) is 87.8 cm³/mol. The average Bonchev–Trinajstić information content (AvgIpc) is 2.83. The van der Waals surface area contributed by atoms with E-state index in [1.54, 1.807) is 44.5 Å². The maximum absolute atomic E-state index is 12.0. The Morgan fingerprint density at radius 2 is 2.04 bits per heavy atom. The molecule has 8 nitrogen and oxygen atoms in total. The number of methoxy groups -OCH3 is 1. The van der Waals surface area contributed by atoms with Gasteiger partial charge in [0, 0.05) is 24.7 Å². The fourth-order valence-corrected chi connectivity index (χ4v) is 2.21. The number of amides is 1. The molecule has 8 heteroatoms. The van der Waals surface area contributed by atoms with Crippen molar-refractivity contribution in [1.29, 1.82) is 0 Å². The second-order valence-corrected chi connectivity index (χ2v) is 6.30. The lowest BCUT2D eigenvalue weighted by atomic mass is 10.2. The number of hydrogen-bond acceptors (Lipinski definition) is 6. The molecule has 0 unspecified atom stereocenters. The van der Waals surface area contributed by atoms with Gasteiger partial charge in [0.1, 0.15) is 22.8 Å². The van der Waals surface area contributed by atoms with Crippen molar-refractivity contribution < 1.29 is 19.1 Å². The number of ether oxygens (including phenoxy) is 2. The number of carbonyl (C=O) groups excluding carboxylic acids is 2. The molecule has 0 aliphatic carbocycles. The minimum Gasteiger partial charge on any atom is -0.464 e. The summed E-state index contributed by atoms with van der Waals surface area (Å²) >= 11 is 0. The van der Waals surface area contributed by atoms with Gasteiger partial charge in [0.25, 0.3) is 0 Å². The molecule has 24 heavy (non-hydrogen) atoms. The molecule has 1 amide bonds. The van der Waals surface area contributed by atoms with Crippen LogP contribution in [0.2, 0.25) is 0 Å². The van der Waals surface area contributed by atoms with Gasteiger partial charge in [0.05, 0.1) is 7.11 Å². The van der Waals surface area contributed by atoms with Crippen LogP contribution < -0.4 is 5.32 Å². The first-order valence-corrected chi connectivity index (χ1v) is 7.59. The lowest BCUT2D eigenvalue weighted by Gasteiger charge is -2.19. The van der Waals surface area contributed by atoms with Crippen LogP contribution in [0.3, 0.4) is 0 Å². The summed E-state index contributed by atoms with van der Waals surface area (Å²) < 4.78 is 11.7. The molecule has 0 saturated carbocycles. The van der Waals surface area contributed by atoms with E-state index in [2.05, 4.69) is 15.3 Å². The highest BCUT2D eigenvalue weighted by molar-refractivity contribution is 5.94. The van der Waals surface area contributed by atoms with E-state index in [0.717, 1.165) is 5.39 Å². The van der Waals surface area contributed by atoms with Gasteiger partial charge in [0.15, 0.2) is 0 Å². The van der Waals surface area contributed by atoms with Gasteiger partial charge in [-0.25, -0.2) is 19.6 Å². The molecule has 0 radical (unpaired) electrons. The number of aryl methyl sites for hydroxylation is 1. The van der Waals surface area contributed by atoms with Crippen LogP contribution in [0.25, 0.3) is 11.0 Å². The predicted octanol–water partition coefficient (Wildman–Crippen LogP) is 2.05. The zero-order valence-corrected chi connectivity index (χ0v) is 14.5. The SMILES string of the molecule is COC(=O)c1cc2cnc(C)nc2n1CCNC(=O)OC(C)(C)C. The number of aromatic nitrogens is 3. The van der Waals surface area contributed by atoms with E-state index in [4.69, 9.17) is 9.47 Å². The van der Waals surface area contributed by atoms with Crippen LogP contribution >= 0.6 is 0 Å². The van der Waals surface area contributed by atoms with Gasteiger partial charge in [-0.05, 0) is 33.8 Å². The molecule has 0 bridgehead atoms. The quantitative estimate of drug-likeness (QED) is 0.860. The van der Waals surface area contributed by atoms with Crippen LogP contribution in [-0.2, 0) is 16.0 Å². The number of nitrogens with one attached hydrogen (secondary N) is 1. The third-order valence-electron chi connectivity index (χ3n) is 3.15. The number of esters is 1. The van der Waals surface area contributed by atoms with Gasteiger partial charge in [-0.3, -0.25) is 0 Å².